The van der Waals surface area contributed by atoms with Gasteiger partial charge in [-0.3, -0.25) is 9.59 Å². The highest BCUT2D eigenvalue weighted by atomic mass is 19.1. The number of aromatic nitrogens is 2. The molecule has 218 valence electrons. The average Bonchev–Trinajstić information content (AvgIpc) is 3.28. The zero-order valence-corrected chi connectivity index (χ0v) is 24.1. The lowest BCUT2D eigenvalue weighted by Crippen LogP contribution is -2.46. The number of benzene rings is 2. The smallest absolute Gasteiger partial charge is 0.254 e. The van der Waals surface area contributed by atoms with Gasteiger partial charge in [-0.05, 0) is 74.1 Å². The molecule has 0 N–H and O–H groups in total. The van der Waals surface area contributed by atoms with Crippen molar-refractivity contribution in [1.29, 1.82) is 0 Å². The number of hydrogen-bond donors (Lipinski definition) is 0. The summed E-state index contributed by atoms with van der Waals surface area (Å²) in [7, 11) is 1.57. The minimum atomic E-state index is -0.293. The lowest BCUT2D eigenvalue weighted by Gasteiger charge is -2.29. The Morgan fingerprint density at radius 2 is 1.71 bits per heavy atom. The summed E-state index contributed by atoms with van der Waals surface area (Å²) >= 11 is 0. The number of methoxy groups -OCH3 is 1. The fourth-order valence-electron chi connectivity index (χ4n) is 4.92. The van der Waals surface area contributed by atoms with Crippen molar-refractivity contribution in [2.45, 2.75) is 20.3 Å². The van der Waals surface area contributed by atoms with Gasteiger partial charge in [0.25, 0.3) is 5.91 Å². The predicted octanol–water partition coefficient (Wildman–Crippen LogP) is 3.81. The van der Waals surface area contributed by atoms with Crippen LogP contribution in [-0.4, -0.2) is 103 Å². The van der Waals surface area contributed by atoms with Gasteiger partial charge >= 0.3 is 0 Å². The third kappa shape index (κ3) is 8.00. The molecule has 0 unspecified atom stereocenters. The van der Waals surface area contributed by atoms with Crippen molar-refractivity contribution in [3.63, 3.8) is 0 Å². The molecule has 1 aliphatic rings. The number of halogens is 1. The van der Waals surface area contributed by atoms with Crippen molar-refractivity contribution in [2.24, 2.45) is 0 Å². The van der Waals surface area contributed by atoms with Crippen LogP contribution < -0.4 is 9.64 Å². The summed E-state index contributed by atoms with van der Waals surface area (Å²) in [6, 6.07) is 17.0. The third-order valence-corrected chi connectivity index (χ3v) is 7.47. The van der Waals surface area contributed by atoms with Gasteiger partial charge in [-0.25, -0.2) is 4.39 Å². The first-order valence-corrected chi connectivity index (χ1v) is 14.2. The van der Waals surface area contributed by atoms with Crippen LogP contribution in [0, 0.1) is 5.82 Å². The maximum atomic E-state index is 13.5. The van der Waals surface area contributed by atoms with E-state index in [1.54, 1.807) is 48.4 Å². The fraction of sp³-hybridized carbons (Fsp3) is 0.419. The van der Waals surface area contributed by atoms with E-state index < -0.39 is 0 Å². The van der Waals surface area contributed by atoms with E-state index in [4.69, 9.17) is 4.74 Å². The van der Waals surface area contributed by atoms with Crippen LogP contribution in [0.3, 0.4) is 0 Å². The highest BCUT2D eigenvalue weighted by Crippen LogP contribution is 2.20. The SMILES string of the molecule is CCN(CC)CCN(CC(=O)N1CCCN(c2ccc(-c3ccc(F)cc3)nn2)CC1)C(=O)c1cccc(OC)c1. The van der Waals surface area contributed by atoms with E-state index in [1.807, 2.05) is 17.0 Å². The van der Waals surface area contributed by atoms with Gasteiger partial charge < -0.3 is 24.3 Å². The topological polar surface area (TPSA) is 82.1 Å². The van der Waals surface area contributed by atoms with Crippen LogP contribution in [0.25, 0.3) is 11.3 Å². The molecule has 1 fully saturated rings. The minimum absolute atomic E-state index is 0.0173. The molecule has 1 aliphatic heterocycles. The number of rotatable bonds is 11. The van der Waals surface area contributed by atoms with Crippen molar-refractivity contribution >= 4 is 17.6 Å². The van der Waals surface area contributed by atoms with Gasteiger partial charge in [0.1, 0.15) is 18.1 Å². The maximum absolute atomic E-state index is 13.5. The predicted molar refractivity (Wildman–Crippen MR) is 158 cm³/mol. The number of carbonyl (C=O) groups is 2. The summed E-state index contributed by atoms with van der Waals surface area (Å²) in [5.41, 5.74) is 1.97. The fourth-order valence-corrected chi connectivity index (χ4v) is 4.92. The monoisotopic (exact) mass is 562 g/mol. The molecule has 0 atom stereocenters. The van der Waals surface area contributed by atoms with E-state index >= 15 is 0 Å². The van der Waals surface area contributed by atoms with Crippen LogP contribution in [0.1, 0.15) is 30.6 Å². The molecule has 0 spiro atoms. The summed E-state index contributed by atoms with van der Waals surface area (Å²) in [4.78, 5) is 34.8. The Kier molecular flexibility index (Phi) is 10.6. The molecule has 41 heavy (non-hydrogen) atoms. The number of ether oxygens (including phenoxy) is 1. The first-order valence-electron chi connectivity index (χ1n) is 14.2. The average molecular weight is 563 g/mol. The Labute approximate surface area is 241 Å². The summed E-state index contributed by atoms with van der Waals surface area (Å²) < 4.78 is 18.6. The number of carbonyl (C=O) groups excluding carboxylic acids is 2. The highest BCUT2D eigenvalue weighted by molar-refractivity contribution is 5.96. The van der Waals surface area contributed by atoms with Crippen molar-refractivity contribution in [3.05, 3.63) is 72.0 Å². The quantitative estimate of drug-likeness (QED) is 0.352. The number of anilines is 1. The molecule has 4 rings (SSSR count). The lowest BCUT2D eigenvalue weighted by atomic mass is 10.1. The summed E-state index contributed by atoms with van der Waals surface area (Å²) in [6.45, 7) is 9.58. The van der Waals surface area contributed by atoms with Gasteiger partial charge in [0, 0.05) is 50.4 Å². The van der Waals surface area contributed by atoms with Crippen LogP contribution in [0.15, 0.2) is 60.7 Å². The molecule has 1 saturated heterocycles. The molecule has 0 bridgehead atoms. The molecule has 0 radical (unpaired) electrons. The number of likely N-dealkylation sites (N-methyl/N-ethyl adjacent to an activating group) is 1. The normalized spacial score (nSPS) is 13.7. The molecule has 0 aliphatic carbocycles. The second kappa shape index (κ2) is 14.5. The number of nitrogens with zero attached hydrogens (tertiary/aromatic N) is 6. The van der Waals surface area contributed by atoms with Crippen LogP contribution in [-0.2, 0) is 4.79 Å². The third-order valence-electron chi connectivity index (χ3n) is 7.47. The molecule has 2 aromatic carbocycles. The Morgan fingerprint density at radius 3 is 2.39 bits per heavy atom. The van der Waals surface area contributed by atoms with Crippen molar-refractivity contribution in [3.8, 4) is 17.0 Å². The van der Waals surface area contributed by atoms with E-state index in [0.29, 0.717) is 49.7 Å². The number of hydrogen-bond acceptors (Lipinski definition) is 7. The Morgan fingerprint density at radius 1 is 0.927 bits per heavy atom. The van der Waals surface area contributed by atoms with E-state index in [9.17, 15) is 14.0 Å². The molecule has 2 amide bonds. The molecule has 10 heteroatoms. The van der Waals surface area contributed by atoms with Gasteiger partial charge in [-0.15, -0.1) is 10.2 Å². The largest absolute Gasteiger partial charge is 0.497 e. The van der Waals surface area contributed by atoms with Crippen LogP contribution in [0.4, 0.5) is 10.2 Å². The van der Waals surface area contributed by atoms with Crippen molar-refractivity contribution in [2.75, 3.05) is 70.9 Å². The molecule has 1 aromatic heterocycles. The van der Waals surface area contributed by atoms with Gasteiger partial charge in [0.2, 0.25) is 5.91 Å². The second-order valence-electron chi connectivity index (χ2n) is 9.99. The standard InChI is InChI=1S/C31H39FN6O3/c1-4-35(5-2)18-19-38(31(40)25-8-6-9-27(22-25)41-3)23-30(39)37-17-7-16-36(20-21-37)29-15-14-28(33-34-29)24-10-12-26(32)13-11-24/h6,8-15,22H,4-5,7,16-21,23H2,1-3H3. The molecular weight excluding hydrogens is 523 g/mol. The van der Waals surface area contributed by atoms with E-state index in [2.05, 4.69) is 33.8 Å². The molecule has 2 heterocycles. The lowest BCUT2D eigenvalue weighted by molar-refractivity contribution is -0.131. The Hall–Kier alpha value is -4.05. The summed E-state index contributed by atoms with van der Waals surface area (Å²) in [6.07, 6.45) is 0.774. The minimum Gasteiger partial charge on any atom is -0.497 e. The molecule has 3 aromatic rings. The van der Waals surface area contributed by atoms with E-state index in [0.717, 1.165) is 37.4 Å². The molecule has 9 nitrogen and oxygen atoms in total. The van der Waals surface area contributed by atoms with Gasteiger partial charge in [0.05, 0.1) is 12.8 Å². The van der Waals surface area contributed by atoms with Crippen molar-refractivity contribution in [1.82, 2.24) is 24.9 Å². The summed E-state index contributed by atoms with van der Waals surface area (Å²) in [5, 5.41) is 8.74. The summed E-state index contributed by atoms with van der Waals surface area (Å²) in [5.74, 6) is 0.794. The van der Waals surface area contributed by atoms with Crippen LogP contribution in [0.5, 0.6) is 5.75 Å². The second-order valence-corrected chi connectivity index (χ2v) is 9.99. The highest BCUT2D eigenvalue weighted by Gasteiger charge is 2.25. The maximum Gasteiger partial charge on any atom is 0.254 e. The van der Waals surface area contributed by atoms with Crippen LogP contribution >= 0.6 is 0 Å². The van der Waals surface area contributed by atoms with Gasteiger partial charge in [-0.2, -0.15) is 0 Å². The number of amides is 2. The van der Waals surface area contributed by atoms with Gasteiger partial charge in [-0.1, -0.05) is 19.9 Å². The van der Waals surface area contributed by atoms with Gasteiger partial charge in [0.15, 0.2) is 5.82 Å². The van der Waals surface area contributed by atoms with E-state index in [-0.39, 0.29) is 24.2 Å². The first kappa shape index (κ1) is 29.9. The first-order chi connectivity index (χ1) is 19.9. The Bertz CT molecular complexity index is 1280. The van der Waals surface area contributed by atoms with Crippen molar-refractivity contribution < 1.29 is 18.7 Å². The van der Waals surface area contributed by atoms with E-state index in [1.165, 1.54) is 12.1 Å². The molecule has 0 saturated carbocycles. The Balaban J connectivity index is 1.40. The molecular formula is C31H39FN6O3. The zero-order valence-electron chi connectivity index (χ0n) is 24.1. The zero-order chi connectivity index (χ0) is 29.2. The van der Waals surface area contributed by atoms with Crippen LogP contribution in [0.2, 0.25) is 0 Å².